The zero-order valence-electron chi connectivity index (χ0n) is 16.4. The molecule has 2 heterocycles. The van der Waals surface area contributed by atoms with Crippen molar-refractivity contribution >= 4 is 5.91 Å². The van der Waals surface area contributed by atoms with Gasteiger partial charge in [-0.3, -0.25) is 9.89 Å². The van der Waals surface area contributed by atoms with E-state index in [1.54, 1.807) is 11.0 Å². The Balaban J connectivity index is 1.52. The molecule has 1 fully saturated rings. The van der Waals surface area contributed by atoms with Crippen molar-refractivity contribution in [3.8, 4) is 11.3 Å². The van der Waals surface area contributed by atoms with E-state index in [1.165, 1.54) is 12.1 Å². The van der Waals surface area contributed by atoms with Crippen LogP contribution in [0.3, 0.4) is 0 Å². The zero-order valence-corrected chi connectivity index (χ0v) is 16.4. The number of H-pyrrole nitrogens is 1. The molecular weight excluding hydrogens is 388 g/mol. The normalized spacial score (nSPS) is 19.1. The molecule has 30 heavy (non-hydrogen) atoms. The van der Waals surface area contributed by atoms with Gasteiger partial charge >= 0.3 is 0 Å². The van der Waals surface area contributed by atoms with Gasteiger partial charge in [-0.15, -0.1) is 0 Å². The molecule has 1 atom stereocenters. The second-order valence-electron chi connectivity index (χ2n) is 7.93. The first-order valence-electron chi connectivity index (χ1n) is 9.95. The van der Waals surface area contributed by atoms with Crippen LogP contribution >= 0.6 is 0 Å². The quantitative estimate of drug-likeness (QED) is 0.671. The lowest BCUT2D eigenvalue weighted by Gasteiger charge is -2.42. The number of aromatic amines is 1. The zero-order chi connectivity index (χ0) is 21.1. The molecule has 0 bridgehead atoms. The van der Waals surface area contributed by atoms with E-state index >= 15 is 0 Å². The number of piperidine rings is 1. The third kappa shape index (κ3) is 4.11. The summed E-state index contributed by atoms with van der Waals surface area (Å²) in [6, 6.07) is 14.7. The van der Waals surface area contributed by atoms with E-state index < -0.39 is 17.0 Å². The number of rotatable bonds is 5. The van der Waals surface area contributed by atoms with Gasteiger partial charge in [0.15, 0.2) is 0 Å². The number of halogens is 2. The van der Waals surface area contributed by atoms with Gasteiger partial charge in [0.25, 0.3) is 5.91 Å². The lowest BCUT2D eigenvalue weighted by atomic mass is 9.75. The van der Waals surface area contributed by atoms with Gasteiger partial charge in [0.1, 0.15) is 17.3 Å². The number of aliphatic hydroxyl groups excluding tert-OH is 1. The monoisotopic (exact) mass is 411 g/mol. The number of carbonyl (C=O) groups is 1. The molecule has 0 radical (unpaired) electrons. The number of benzene rings is 2. The molecule has 0 aliphatic carbocycles. The van der Waals surface area contributed by atoms with Crippen molar-refractivity contribution in [2.24, 2.45) is 5.41 Å². The van der Waals surface area contributed by atoms with E-state index in [-0.39, 0.29) is 18.9 Å². The Hall–Kier alpha value is -3.06. The lowest BCUT2D eigenvalue weighted by molar-refractivity contribution is 0.0264. The maximum atomic E-state index is 14.2. The van der Waals surface area contributed by atoms with Crippen LogP contribution in [0.5, 0.6) is 0 Å². The van der Waals surface area contributed by atoms with Crippen LogP contribution in [0.25, 0.3) is 11.3 Å². The molecule has 2 N–H and O–H groups in total. The summed E-state index contributed by atoms with van der Waals surface area (Å²) in [5.74, 6) is -1.47. The molecule has 0 unspecified atom stereocenters. The largest absolute Gasteiger partial charge is 0.396 e. The minimum atomic E-state index is -0.672. The molecule has 1 aliphatic heterocycles. The first kappa shape index (κ1) is 20.2. The summed E-state index contributed by atoms with van der Waals surface area (Å²) in [5.41, 5.74) is 1.62. The van der Waals surface area contributed by atoms with Crippen molar-refractivity contribution in [3.05, 3.63) is 77.5 Å². The summed E-state index contributed by atoms with van der Waals surface area (Å²) in [6.07, 6.45) is 1.58. The summed E-state index contributed by atoms with van der Waals surface area (Å²) in [6.45, 7) is 0.650. The van der Waals surface area contributed by atoms with Crippen molar-refractivity contribution in [2.75, 3.05) is 19.7 Å². The topological polar surface area (TPSA) is 69.2 Å². The van der Waals surface area contributed by atoms with Crippen LogP contribution in [-0.4, -0.2) is 45.8 Å². The summed E-state index contributed by atoms with van der Waals surface area (Å²) in [5, 5.41) is 17.2. The van der Waals surface area contributed by atoms with Crippen LogP contribution in [-0.2, 0) is 6.42 Å². The fraction of sp³-hybridized carbons (Fsp3) is 0.304. The minimum Gasteiger partial charge on any atom is -0.396 e. The van der Waals surface area contributed by atoms with E-state index in [1.807, 2.05) is 30.3 Å². The molecule has 2 aromatic carbocycles. The maximum Gasteiger partial charge on any atom is 0.271 e. The molecule has 1 saturated heterocycles. The average Bonchev–Trinajstić information content (AvgIpc) is 3.26. The van der Waals surface area contributed by atoms with E-state index in [2.05, 4.69) is 10.2 Å². The second-order valence-corrected chi connectivity index (χ2v) is 7.93. The number of amides is 1. The Kier molecular flexibility index (Phi) is 5.63. The molecular formula is C23H23F2N3O2. The van der Waals surface area contributed by atoms with Crippen LogP contribution in [0.4, 0.5) is 8.78 Å². The van der Waals surface area contributed by atoms with E-state index in [9.17, 15) is 18.7 Å². The molecule has 4 rings (SSSR count). The average molecular weight is 411 g/mol. The standard InChI is InChI=1S/C23H23F2N3O2/c24-18-8-7-17(19(25)11-18)13-23(15-29)9-4-10-28(14-23)22(30)21-12-20(26-27-21)16-5-2-1-3-6-16/h1-3,5-8,11-12,29H,4,9-10,13-15H2,(H,26,27)/t23-/m0/s1. The predicted octanol–water partition coefficient (Wildman–Crippen LogP) is 3.81. The maximum absolute atomic E-state index is 14.2. The molecule has 5 nitrogen and oxygen atoms in total. The molecule has 0 saturated carbocycles. The van der Waals surface area contributed by atoms with Gasteiger partial charge < -0.3 is 10.0 Å². The molecule has 7 heteroatoms. The first-order chi connectivity index (χ1) is 14.5. The molecule has 3 aromatic rings. The van der Waals surface area contributed by atoms with Crippen molar-refractivity contribution in [1.82, 2.24) is 15.1 Å². The highest BCUT2D eigenvalue weighted by molar-refractivity contribution is 5.93. The summed E-state index contributed by atoms with van der Waals surface area (Å²) >= 11 is 0. The Morgan fingerprint density at radius 3 is 2.70 bits per heavy atom. The van der Waals surface area contributed by atoms with Gasteiger partial charge in [0.2, 0.25) is 0 Å². The van der Waals surface area contributed by atoms with Crippen LogP contribution in [0.2, 0.25) is 0 Å². The summed E-state index contributed by atoms with van der Waals surface area (Å²) in [4.78, 5) is 14.7. The number of nitrogens with zero attached hydrogens (tertiary/aromatic N) is 2. The molecule has 156 valence electrons. The number of hydrogen-bond acceptors (Lipinski definition) is 3. The smallest absolute Gasteiger partial charge is 0.271 e. The lowest BCUT2D eigenvalue weighted by Crippen LogP contribution is -2.49. The van der Waals surface area contributed by atoms with Crippen molar-refractivity contribution in [2.45, 2.75) is 19.3 Å². The minimum absolute atomic E-state index is 0.189. The third-order valence-electron chi connectivity index (χ3n) is 5.74. The Morgan fingerprint density at radius 2 is 1.97 bits per heavy atom. The van der Waals surface area contributed by atoms with Crippen molar-refractivity contribution in [1.29, 1.82) is 0 Å². The van der Waals surface area contributed by atoms with Crippen LogP contribution in [0, 0.1) is 17.0 Å². The Labute approximate surface area is 173 Å². The van der Waals surface area contributed by atoms with Gasteiger partial charge in [-0.05, 0) is 37.0 Å². The number of carbonyl (C=O) groups excluding carboxylic acids is 1. The van der Waals surface area contributed by atoms with E-state index in [0.29, 0.717) is 42.9 Å². The van der Waals surface area contributed by atoms with Crippen LogP contribution in [0.1, 0.15) is 28.9 Å². The summed E-state index contributed by atoms with van der Waals surface area (Å²) < 4.78 is 27.4. The number of hydrogen-bond donors (Lipinski definition) is 2. The second kappa shape index (κ2) is 8.36. The highest BCUT2D eigenvalue weighted by Gasteiger charge is 2.38. The number of likely N-dealkylation sites (tertiary alicyclic amines) is 1. The van der Waals surface area contributed by atoms with Crippen LogP contribution in [0.15, 0.2) is 54.6 Å². The molecule has 1 aliphatic rings. The number of nitrogens with one attached hydrogen (secondary N) is 1. The predicted molar refractivity (Wildman–Crippen MR) is 109 cm³/mol. The fourth-order valence-corrected chi connectivity index (χ4v) is 4.14. The Bertz CT molecular complexity index is 1040. The van der Waals surface area contributed by atoms with Gasteiger partial charge in [0, 0.05) is 30.1 Å². The van der Waals surface area contributed by atoms with E-state index in [4.69, 9.17) is 0 Å². The van der Waals surface area contributed by atoms with Gasteiger partial charge in [-0.1, -0.05) is 36.4 Å². The SMILES string of the molecule is O=C(c1cc(-c2ccccc2)n[nH]1)N1CCC[C@](CO)(Cc2ccc(F)cc2F)C1. The summed E-state index contributed by atoms with van der Waals surface area (Å²) in [7, 11) is 0. The van der Waals surface area contributed by atoms with Gasteiger partial charge in [0.05, 0.1) is 12.3 Å². The first-order valence-corrected chi connectivity index (χ1v) is 9.95. The third-order valence-corrected chi connectivity index (χ3v) is 5.74. The molecule has 1 aromatic heterocycles. The van der Waals surface area contributed by atoms with E-state index in [0.717, 1.165) is 11.6 Å². The highest BCUT2D eigenvalue weighted by Crippen LogP contribution is 2.35. The fourth-order valence-electron chi connectivity index (χ4n) is 4.14. The van der Waals surface area contributed by atoms with Gasteiger partial charge in [-0.25, -0.2) is 8.78 Å². The van der Waals surface area contributed by atoms with Crippen molar-refractivity contribution < 1.29 is 18.7 Å². The number of aromatic nitrogens is 2. The molecule has 1 amide bonds. The van der Waals surface area contributed by atoms with Crippen LogP contribution < -0.4 is 0 Å². The molecule has 0 spiro atoms. The number of aliphatic hydroxyl groups is 1. The van der Waals surface area contributed by atoms with Gasteiger partial charge in [-0.2, -0.15) is 5.10 Å². The van der Waals surface area contributed by atoms with Crippen molar-refractivity contribution in [3.63, 3.8) is 0 Å². The highest BCUT2D eigenvalue weighted by atomic mass is 19.1. The Morgan fingerprint density at radius 1 is 1.17 bits per heavy atom.